The molecule has 0 N–H and O–H groups in total. The molecule has 0 fully saturated rings. The maximum Gasteiger partial charge on any atom is 0.127 e. The van der Waals surface area contributed by atoms with Crippen molar-refractivity contribution in [2.24, 2.45) is 0 Å². The van der Waals surface area contributed by atoms with Crippen molar-refractivity contribution in [1.82, 2.24) is 0 Å². The van der Waals surface area contributed by atoms with Crippen molar-refractivity contribution in [3.63, 3.8) is 0 Å². The van der Waals surface area contributed by atoms with Crippen molar-refractivity contribution in [3.8, 4) is 22.6 Å². The van der Waals surface area contributed by atoms with Crippen molar-refractivity contribution < 1.29 is 9.47 Å². The summed E-state index contributed by atoms with van der Waals surface area (Å²) in [4.78, 5) is 0. The van der Waals surface area contributed by atoms with E-state index in [0.717, 1.165) is 33.0 Å². The summed E-state index contributed by atoms with van der Waals surface area (Å²) < 4.78 is 11.2. The van der Waals surface area contributed by atoms with Gasteiger partial charge in [-0.1, -0.05) is 98.1 Å². The molecule has 1 aliphatic carbocycles. The van der Waals surface area contributed by atoms with Crippen molar-refractivity contribution >= 4 is 43.1 Å². The molecule has 0 aliphatic heterocycles. The highest BCUT2D eigenvalue weighted by atomic mass is 16.5. The van der Waals surface area contributed by atoms with E-state index in [-0.39, 0.29) is 0 Å². The first-order valence-corrected chi connectivity index (χ1v) is 15.9. The first-order valence-electron chi connectivity index (χ1n) is 15.9. The zero-order chi connectivity index (χ0) is 31.5. The molecule has 47 heavy (non-hydrogen) atoms. The summed E-state index contributed by atoms with van der Waals surface area (Å²) in [5.41, 5.74) is 6.99. The second kappa shape index (κ2) is 10.5. The second-order valence-corrected chi connectivity index (χ2v) is 12.3. The predicted octanol–water partition coefficient (Wildman–Crippen LogP) is 11.7. The van der Waals surface area contributed by atoms with Gasteiger partial charge >= 0.3 is 0 Å². The topological polar surface area (TPSA) is 18.5 Å². The number of hydrogen-bond acceptors (Lipinski definition) is 2. The Hall–Kier alpha value is -6.12. The Morgan fingerprint density at radius 2 is 0.745 bits per heavy atom. The lowest BCUT2D eigenvalue weighted by Gasteiger charge is -2.34. The molecule has 1 aliphatic rings. The van der Waals surface area contributed by atoms with Gasteiger partial charge in [0.2, 0.25) is 0 Å². The highest BCUT2D eigenvalue weighted by Gasteiger charge is 2.46. The maximum absolute atomic E-state index is 5.62. The van der Waals surface area contributed by atoms with E-state index in [2.05, 4.69) is 147 Å². The van der Waals surface area contributed by atoms with Gasteiger partial charge in [0.25, 0.3) is 0 Å². The third-order valence-corrected chi connectivity index (χ3v) is 9.80. The quantitative estimate of drug-likeness (QED) is 0.176. The van der Waals surface area contributed by atoms with Gasteiger partial charge in [0.05, 0.1) is 17.9 Å². The number of hydrogen-bond donors (Lipinski definition) is 0. The van der Waals surface area contributed by atoms with Gasteiger partial charge in [-0.15, -0.1) is 0 Å². The molecule has 0 radical (unpaired) electrons. The standard InChI is InChI=1S/C45H30O2/c1-3-46-39-19-15-33-21-37(17-13-35(33)23-39)45(38-18-14-36-24-40(47-4-2)20-16-34(36)22-38)43-27-31-11-7-5-9-29(31)25-41(43)42-26-30-10-6-8-12-32(30)28-44(42)45/h3-28H,1-2H2. The fraction of sp³-hybridized carbons (Fsp3) is 0.0222. The number of ether oxygens (including phenoxy) is 2. The van der Waals surface area contributed by atoms with Crippen molar-refractivity contribution in [2.75, 3.05) is 0 Å². The lowest BCUT2D eigenvalue weighted by Crippen LogP contribution is -2.28. The zero-order valence-corrected chi connectivity index (χ0v) is 25.7. The fourth-order valence-electron chi connectivity index (χ4n) is 7.73. The minimum Gasteiger partial charge on any atom is -0.466 e. The van der Waals surface area contributed by atoms with Crippen LogP contribution in [0.15, 0.2) is 171 Å². The average Bonchev–Trinajstić information content (AvgIpc) is 3.38. The fourth-order valence-corrected chi connectivity index (χ4v) is 7.73. The molecular formula is C45H30O2. The van der Waals surface area contributed by atoms with Crippen molar-refractivity contribution in [2.45, 2.75) is 5.41 Å². The van der Waals surface area contributed by atoms with Crippen LogP contribution in [0, 0.1) is 0 Å². The van der Waals surface area contributed by atoms with Gasteiger partial charge in [0.1, 0.15) is 11.5 Å². The molecule has 9 rings (SSSR count). The average molecular weight is 603 g/mol. The Kier molecular flexibility index (Phi) is 6.06. The minimum atomic E-state index is -0.576. The number of rotatable bonds is 6. The van der Waals surface area contributed by atoms with E-state index >= 15 is 0 Å². The molecule has 0 saturated heterocycles. The smallest absolute Gasteiger partial charge is 0.127 e. The molecule has 222 valence electrons. The van der Waals surface area contributed by atoms with Crippen LogP contribution in [0.3, 0.4) is 0 Å². The minimum absolute atomic E-state index is 0.576. The Balaban J connectivity index is 1.42. The lowest BCUT2D eigenvalue weighted by molar-refractivity contribution is 0.484. The van der Waals surface area contributed by atoms with Crippen LogP contribution in [0.5, 0.6) is 11.5 Å². The Bertz CT molecular complexity index is 2390. The van der Waals surface area contributed by atoms with Gasteiger partial charge in [-0.2, -0.15) is 0 Å². The van der Waals surface area contributed by atoms with Crippen LogP contribution in [0.4, 0.5) is 0 Å². The molecule has 0 spiro atoms. The van der Waals surface area contributed by atoms with E-state index in [1.807, 2.05) is 12.1 Å². The van der Waals surface area contributed by atoms with E-state index in [9.17, 15) is 0 Å². The first kappa shape index (κ1) is 27.2. The van der Waals surface area contributed by atoms with Crippen LogP contribution in [-0.2, 0) is 5.41 Å². The highest BCUT2D eigenvalue weighted by Crippen LogP contribution is 2.58. The van der Waals surface area contributed by atoms with Gasteiger partial charge in [-0.3, -0.25) is 0 Å². The molecule has 0 aromatic heterocycles. The van der Waals surface area contributed by atoms with Crippen LogP contribution < -0.4 is 9.47 Å². The summed E-state index contributed by atoms with van der Waals surface area (Å²) >= 11 is 0. The molecule has 0 bridgehead atoms. The summed E-state index contributed by atoms with van der Waals surface area (Å²) in [6, 6.07) is 53.2. The van der Waals surface area contributed by atoms with Crippen molar-refractivity contribution in [3.05, 3.63) is 194 Å². The molecule has 0 saturated carbocycles. The zero-order valence-electron chi connectivity index (χ0n) is 25.7. The summed E-state index contributed by atoms with van der Waals surface area (Å²) in [5, 5.41) is 9.48. The normalized spacial score (nSPS) is 13.0. The Labute approximate surface area is 273 Å². The molecule has 0 atom stereocenters. The third-order valence-electron chi connectivity index (χ3n) is 9.80. The van der Waals surface area contributed by atoms with Gasteiger partial charge in [-0.25, -0.2) is 0 Å². The monoisotopic (exact) mass is 602 g/mol. The largest absolute Gasteiger partial charge is 0.466 e. The molecule has 8 aromatic carbocycles. The van der Waals surface area contributed by atoms with Crippen LogP contribution in [0.25, 0.3) is 54.2 Å². The SMILES string of the molecule is C=COc1ccc2cc(C3(c4ccc5cc(OC=C)ccc5c4)c4cc5ccccc5cc4-c4cc5ccccc5cc43)ccc2c1. The molecular weight excluding hydrogens is 572 g/mol. The summed E-state index contributed by atoms with van der Waals surface area (Å²) in [5.74, 6) is 1.55. The molecule has 0 heterocycles. The van der Waals surface area contributed by atoms with Gasteiger partial charge in [0, 0.05) is 0 Å². The second-order valence-electron chi connectivity index (χ2n) is 12.3. The van der Waals surface area contributed by atoms with Crippen LogP contribution in [0.1, 0.15) is 22.3 Å². The van der Waals surface area contributed by atoms with E-state index < -0.39 is 5.41 Å². The molecule has 0 unspecified atom stereocenters. The summed E-state index contributed by atoms with van der Waals surface area (Å²) in [6.07, 6.45) is 2.94. The van der Waals surface area contributed by atoms with E-state index in [1.165, 1.54) is 67.4 Å². The van der Waals surface area contributed by atoms with Gasteiger partial charge in [0.15, 0.2) is 0 Å². The first-order chi connectivity index (χ1) is 23.1. The molecule has 2 nitrogen and oxygen atoms in total. The van der Waals surface area contributed by atoms with Crippen LogP contribution >= 0.6 is 0 Å². The van der Waals surface area contributed by atoms with E-state index in [1.54, 1.807) is 0 Å². The van der Waals surface area contributed by atoms with Gasteiger partial charge in [-0.05, 0) is 137 Å². The summed E-state index contributed by atoms with van der Waals surface area (Å²) in [6.45, 7) is 7.47. The third kappa shape index (κ3) is 4.12. The number of fused-ring (bicyclic) bond motifs is 7. The molecule has 8 aromatic rings. The Morgan fingerprint density at radius 1 is 0.383 bits per heavy atom. The van der Waals surface area contributed by atoms with E-state index in [4.69, 9.17) is 9.47 Å². The number of benzene rings is 8. The van der Waals surface area contributed by atoms with Gasteiger partial charge < -0.3 is 9.47 Å². The highest BCUT2D eigenvalue weighted by molar-refractivity contribution is 6.01. The lowest BCUT2D eigenvalue weighted by atomic mass is 9.66. The van der Waals surface area contributed by atoms with Crippen LogP contribution in [0.2, 0.25) is 0 Å². The predicted molar refractivity (Wildman–Crippen MR) is 195 cm³/mol. The van der Waals surface area contributed by atoms with Crippen molar-refractivity contribution in [1.29, 1.82) is 0 Å². The van der Waals surface area contributed by atoms with E-state index in [0.29, 0.717) is 0 Å². The van der Waals surface area contributed by atoms with Crippen LogP contribution in [-0.4, -0.2) is 0 Å². The maximum atomic E-state index is 5.62. The Morgan fingerprint density at radius 3 is 1.17 bits per heavy atom. The summed E-state index contributed by atoms with van der Waals surface area (Å²) in [7, 11) is 0. The molecule has 0 amide bonds. The molecule has 2 heteroatoms.